The third-order valence-electron chi connectivity index (χ3n) is 3.15. The van der Waals surface area contributed by atoms with Gasteiger partial charge in [-0.15, -0.1) is 0 Å². The maximum Gasteiger partial charge on any atom is 0.434 e. The number of amides is 1. The number of aromatic hydroxyl groups is 1. The molecule has 0 aliphatic carbocycles. The van der Waals surface area contributed by atoms with E-state index in [1.54, 1.807) is 57.4 Å². The lowest BCUT2D eigenvalue weighted by Gasteiger charge is -2.17. The lowest BCUT2D eigenvalue weighted by molar-refractivity contribution is 0.0605. The van der Waals surface area contributed by atoms with Crippen molar-refractivity contribution < 1.29 is 14.6 Å². The largest absolute Gasteiger partial charge is 0.508 e. The molecule has 0 atom stereocenters. The van der Waals surface area contributed by atoms with Crippen molar-refractivity contribution in [2.24, 2.45) is 10.7 Å². The molecule has 1 amide bonds. The summed E-state index contributed by atoms with van der Waals surface area (Å²) in [6, 6.07) is 9.99. The summed E-state index contributed by atoms with van der Waals surface area (Å²) >= 11 is 0. The SMILES string of the molecule is CC(C)(C)OC(=O)/N=C/C(=C(\N)c1ccc(O)cc1)c1ccncc1. The number of rotatable bonds is 3. The Morgan fingerprint density at radius 2 is 1.72 bits per heavy atom. The van der Waals surface area contributed by atoms with Crippen molar-refractivity contribution in [2.75, 3.05) is 0 Å². The summed E-state index contributed by atoms with van der Waals surface area (Å²) in [4.78, 5) is 19.7. The fraction of sp³-hybridized carbons (Fsp3) is 0.211. The molecule has 0 saturated carbocycles. The molecule has 0 spiro atoms. The van der Waals surface area contributed by atoms with Crippen LogP contribution < -0.4 is 5.73 Å². The average Bonchev–Trinajstić information content (AvgIpc) is 2.55. The Labute approximate surface area is 146 Å². The monoisotopic (exact) mass is 339 g/mol. The number of aromatic nitrogens is 1. The smallest absolute Gasteiger partial charge is 0.434 e. The number of ether oxygens (including phenoxy) is 1. The van der Waals surface area contributed by atoms with E-state index in [2.05, 4.69) is 9.98 Å². The molecule has 1 aromatic heterocycles. The minimum atomic E-state index is -0.697. The van der Waals surface area contributed by atoms with E-state index in [-0.39, 0.29) is 5.75 Å². The highest BCUT2D eigenvalue weighted by Gasteiger charge is 2.15. The van der Waals surface area contributed by atoms with Gasteiger partial charge in [0.25, 0.3) is 0 Å². The topological polar surface area (TPSA) is 97.8 Å². The Kier molecular flexibility index (Phi) is 5.54. The zero-order valence-corrected chi connectivity index (χ0v) is 14.4. The van der Waals surface area contributed by atoms with Crippen LogP contribution in [0.25, 0.3) is 11.3 Å². The number of hydrogen-bond acceptors (Lipinski definition) is 5. The lowest BCUT2D eigenvalue weighted by Crippen LogP contribution is -2.22. The molecule has 1 aromatic carbocycles. The van der Waals surface area contributed by atoms with Gasteiger partial charge in [0.15, 0.2) is 0 Å². The molecule has 0 saturated heterocycles. The van der Waals surface area contributed by atoms with Crippen molar-refractivity contribution in [3.8, 4) is 5.75 Å². The van der Waals surface area contributed by atoms with Gasteiger partial charge in [-0.1, -0.05) is 0 Å². The van der Waals surface area contributed by atoms with Crippen molar-refractivity contribution in [1.29, 1.82) is 0 Å². The average molecular weight is 339 g/mol. The van der Waals surface area contributed by atoms with Gasteiger partial charge in [-0.05, 0) is 68.3 Å². The highest BCUT2D eigenvalue weighted by atomic mass is 16.6. The van der Waals surface area contributed by atoms with E-state index in [1.165, 1.54) is 18.3 Å². The van der Waals surface area contributed by atoms with Crippen molar-refractivity contribution >= 4 is 23.6 Å². The number of aliphatic imine (C=N–C) groups is 1. The van der Waals surface area contributed by atoms with Gasteiger partial charge in [-0.2, -0.15) is 4.99 Å². The molecule has 0 fully saturated rings. The van der Waals surface area contributed by atoms with Crippen LogP contribution in [0.4, 0.5) is 4.79 Å². The molecule has 6 heteroatoms. The maximum atomic E-state index is 11.9. The van der Waals surface area contributed by atoms with Crippen LogP contribution in [0.2, 0.25) is 0 Å². The predicted molar refractivity (Wildman–Crippen MR) is 98.1 cm³/mol. The van der Waals surface area contributed by atoms with E-state index in [4.69, 9.17) is 10.5 Å². The first-order valence-electron chi connectivity index (χ1n) is 7.73. The molecular formula is C19H21N3O3. The molecule has 0 bridgehead atoms. The molecule has 3 N–H and O–H groups in total. The number of allylic oxidation sites excluding steroid dienone is 1. The third-order valence-corrected chi connectivity index (χ3v) is 3.15. The van der Waals surface area contributed by atoms with E-state index in [0.717, 1.165) is 5.56 Å². The molecule has 2 rings (SSSR count). The number of carbonyl (C=O) groups excluding carboxylic acids is 1. The molecular weight excluding hydrogens is 318 g/mol. The molecule has 0 aliphatic rings. The van der Waals surface area contributed by atoms with Crippen LogP contribution in [-0.4, -0.2) is 28.0 Å². The maximum absolute atomic E-state index is 11.9. The van der Waals surface area contributed by atoms with Crippen LogP contribution in [0, 0.1) is 0 Å². The number of hydrogen-bond donors (Lipinski definition) is 2. The standard InChI is InChI=1S/C19H21N3O3/c1-19(2,3)25-18(24)22-12-16(13-8-10-21-11-9-13)17(20)14-4-6-15(23)7-5-14/h4-12,23H,20H2,1-3H3/b17-16+,22-12+. The van der Waals surface area contributed by atoms with Crippen molar-refractivity contribution in [1.82, 2.24) is 4.98 Å². The van der Waals surface area contributed by atoms with Crippen LogP contribution >= 0.6 is 0 Å². The summed E-state index contributed by atoms with van der Waals surface area (Å²) in [5, 5.41) is 9.43. The Morgan fingerprint density at radius 1 is 1.12 bits per heavy atom. The lowest BCUT2D eigenvalue weighted by atomic mass is 10.0. The number of benzene rings is 1. The Morgan fingerprint density at radius 3 is 2.28 bits per heavy atom. The van der Waals surface area contributed by atoms with E-state index < -0.39 is 11.7 Å². The second kappa shape index (κ2) is 7.61. The molecule has 6 nitrogen and oxygen atoms in total. The summed E-state index contributed by atoms with van der Waals surface area (Å²) in [7, 11) is 0. The number of carbonyl (C=O) groups is 1. The van der Waals surface area contributed by atoms with Crippen molar-refractivity contribution in [3.05, 3.63) is 59.9 Å². The second-order valence-corrected chi connectivity index (χ2v) is 6.35. The first kappa shape index (κ1) is 18.2. The summed E-state index contributed by atoms with van der Waals surface area (Å²) in [6.07, 6.45) is 3.94. The van der Waals surface area contributed by atoms with Gasteiger partial charge in [0.2, 0.25) is 0 Å². The minimum absolute atomic E-state index is 0.143. The van der Waals surface area contributed by atoms with Crippen LogP contribution in [0.15, 0.2) is 53.8 Å². The first-order valence-corrected chi connectivity index (χ1v) is 7.73. The second-order valence-electron chi connectivity index (χ2n) is 6.35. The zero-order chi connectivity index (χ0) is 18.4. The van der Waals surface area contributed by atoms with Gasteiger partial charge in [0.05, 0.1) is 0 Å². The molecule has 2 aromatic rings. The zero-order valence-electron chi connectivity index (χ0n) is 14.4. The van der Waals surface area contributed by atoms with E-state index in [0.29, 0.717) is 16.8 Å². The van der Waals surface area contributed by atoms with Crippen LogP contribution in [-0.2, 0) is 4.74 Å². The highest BCUT2D eigenvalue weighted by molar-refractivity contribution is 6.20. The predicted octanol–water partition coefficient (Wildman–Crippen LogP) is 3.62. The Hall–Kier alpha value is -3.15. The quantitative estimate of drug-likeness (QED) is 0.832. The van der Waals surface area contributed by atoms with Gasteiger partial charge >= 0.3 is 6.09 Å². The fourth-order valence-corrected chi connectivity index (χ4v) is 2.03. The van der Waals surface area contributed by atoms with Gasteiger partial charge in [0, 0.05) is 29.9 Å². The normalized spacial score (nSPS) is 12.8. The summed E-state index contributed by atoms with van der Waals surface area (Å²) < 4.78 is 5.18. The van der Waals surface area contributed by atoms with Crippen LogP contribution in [0.1, 0.15) is 31.9 Å². The molecule has 25 heavy (non-hydrogen) atoms. The molecule has 0 unspecified atom stereocenters. The van der Waals surface area contributed by atoms with Gasteiger partial charge < -0.3 is 15.6 Å². The van der Waals surface area contributed by atoms with Crippen LogP contribution in [0.3, 0.4) is 0 Å². The Balaban J connectivity index is 2.42. The highest BCUT2D eigenvalue weighted by Crippen LogP contribution is 2.23. The van der Waals surface area contributed by atoms with Gasteiger partial charge in [-0.3, -0.25) is 4.98 Å². The summed E-state index contributed by atoms with van der Waals surface area (Å²) in [5.41, 5.74) is 8.06. The minimum Gasteiger partial charge on any atom is -0.508 e. The van der Waals surface area contributed by atoms with Crippen LogP contribution in [0.5, 0.6) is 5.75 Å². The van der Waals surface area contributed by atoms with E-state index in [9.17, 15) is 9.90 Å². The first-order chi connectivity index (χ1) is 11.8. The number of phenols is 1. The number of phenolic OH excluding ortho intramolecular Hbond substituents is 1. The van der Waals surface area contributed by atoms with E-state index in [1.807, 2.05) is 0 Å². The fourth-order valence-electron chi connectivity index (χ4n) is 2.03. The number of pyridine rings is 1. The van der Waals surface area contributed by atoms with Gasteiger partial charge in [-0.25, -0.2) is 4.79 Å². The number of nitrogens with zero attached hydrogens (tertiary/aromatic N) is 2. The van der Waals surface area contributed by atoms with E-state index >= 15 is 0 Å². The molecule has 0 aliphatic heterocycles. The number of nitrogens with two attached hydrogens (primary N) is 1. The Bertz CT molecular complexity index is 789. The molecule has 0 radical (unpaired) electrons. The van der Waals surface area contributed by atoms with Crippen molar-refractivity contribution in [2.45, 2.75) is 26.4 Å². The third kappa shape index (κ3) is 5.46. The molecule has 1 heterocycles. The van der Waals surface area contributed by atoms with Gasteiger partial charge in [0.1, 0.15) is 11.4 Å². The summed E-state index contributed by atoms with van der Waals surface area (Å²) in [5.74, 6) is 0.143. The molecule has 130 valence electrons. The van der Waals surface area contributed by atoms with Crippen molar-refractivity contribution in [3.63, 3.8) is 0 Å². The summed E-state index contributed by atoms with van der Waals surface area (Å²) in [6.45, 7) is 5.31.